The van der Waals surface area contributed by atoms with E-state index in [4.69, 9.17) is 14.2 Å². The van der Waals surface area contributed by atoms with E-state index in [1.54, 1.807) is 36.4 Å². The van der Waals surface area contributed by atoms with Gasteiger partial charge in [0.25, 0.3) is 11.8 Å². The van der Waals surface area contributed by atoms with Crippen LogP contribution >= 0.6 is 0 Å². The van der Waals surface area contributed by atoms with Crippen LogP contribution in [-0.4, -0.2) is 37.1 Å². The number of para-hydroxylation sites is 2. The number of rotatable bonds is 4. The summed E-state index contributed by atoms with van der Waals surface area (Å²) >= 11 is 0. The molecule has 2 aromatic carbocycles. The highest BCUT2D eigenvalue weighted by Gasteiger charge is 2.29. The van der Waals surface area contributed by atoms with E-state index in [1.165, 1.54) is 0 Å². The lowest BCUT2D eigenvalue weighted by atomic mass is 9.87. The Balaban J connectivity index is 1.48. The van der Waals surface area contributed by atoms with E-state index in [1.807, 2.05) is 12.1 Å². The van der Waals surface area contributed by atoms with Gasteiger partial charge in [0.2, 0.25) is 6.10 Å². The number of carbonyl (C=O) groups excluding carboxylic acids is 3. The highest BCUT2D eigenvalue weighted by molar-refractivity contribution is 6.05. The molecule has 152 valence electrons. The molecule has 0 aliphatic carbocycles. The molecule has 0 saturated carbocycles. The quantitative estimate of drug-likeness (QED) is 0.798. The molecule has 0 spiro atoms. The molecule has 29 heavy (non-hydrogen) atoms. The number of nitrogens with one attached hydrogen (secondary N) is 1. The summed E-state index contributed by atoms with van der Waals surface area (Å²) < 4.78 is 15.9. The third-order valence-corrected chi connectivity index (χ3v) is 4.38. The van der Waals surface area contributed by atoms with E-state index < -0.39 is 30.5 Å². The maximum absolute atomic E-state index is 12.2. The Morgan fingerprint density at radius 1 is 1.03 bits per heavy atom. The second-order valence-electron chi connectivity index (χ2n) is 7.68. The highest BCUT2D eigenvalue weighted by atomic mass is 16.6. The van der Waals surface area contributed by atoms with Crippen LogP contribution in [0.5, 0.6) is 11.5 Å². The van der Waals surface area contributed by atoms with Crippen molar-refractivity contribution in [3.05, 3.63) is 59.7 Å². The van der Waals surface area contributed by atoms with Crippen molar-refractivity contribution in [3.8, 4) is 11.5 Å². The number of hydrogen-bond acceptors (Lipinski definition) is 6. The monoisotopic (exact) mass is 397 g/mol. The van der Waals surface area contributed by atoms with Crippen LogP contribution in [0.25, 0.3) is 0 Å². The fraction of sp³-hybridized carbons (Fsp3) is 0.318. The predicted molar refractivity (Wildman–Crippen MR) is 105 cm³/mol. The molecular weight excluding hydrogens is 374 g/mol. The van der Waals surface area contributed by atoms with Crippen molar-refractivity contribution < 1.29 is 28.6 Å². The first-order chi connectivity index (χ1) is 13.7. The summed E-state index contributed by atoms with van der Waals surface area (Å²) in [4.78, 5) is 36.2. The lowest BCUT2D eigenvalue weighted by molar-refractivity contribution is -0.157. The van der Waals surface area contributed by atoms with Crippen molar-refractivity contribution in [1.82, 2.24) is 5.32 Å². The molecular formula is C22H23NO6. The van der Waals surface area contributed by atoms with E-state index in [-0.39, 0.29) is 12.0 Å². The van der Waals surface area contributed by atoms with Crippen LogP contribution < -0.4 is 14.8 Å². The van der Waals surface area contributed by atoms with Crippen molar-refractivity contribution in [3.63, 3.8) is 0 Å². The maximum atomic E-state index is 12.2. The number of carbonyl (C=O) groups is 3. The molecule has 1 heterocycles. The first-order valence-electron chi connectivity index (χ1n) is 9.24. The van der Waals surface area contributed by atoms with Gasteiger partial charge in [-0.1, -0.05) is 45.0 Å². The number of fused-ring (bicyclic) bond motifs is 1. The number of ether oxygens (including phenoxy) is 3. The Kier molecular flexibility index (Phi) is 5.87. The molecule has 2 aromatic rings. The molecule has 0 unspecified atom stereocenters. The van der Waals surface area contributed by atoms with Gasteiger partial charge < -0.3 is 14.2 Å². The zero-order valence-electron chi connectivity index (χ0n) is 16.6. The van der Waals surface area contributed by atoms with E-state index in [0.29, 0.717) is 17.1 Å². The Bertz CT molecular complexity index is 914. The molecule has 7 heteroatoms. The molecule has 1 atom stereocenters. The molecule has 0 saturated heterocycles. The topological polar surface area (TPSA) is 90.9 Å². The number of hydrogen-bond donors (Lipinski definition) is 1. The lowest BCUT2D eigenvalue weighted by Gasteiger charge is -2.24. The smallest absolute Gasteiger partial charge is 0.351 e. The second kappa shape index (κ2) is 8.34. The fourth-order valence-electron chi connectivity index (χ4n) is 2.72. The minimum absolute atomic E-state index is 0.0173. The molecule has 3 rings (SSSR count). The Morgan fingerprint density at radius 2 is 1.69 bits per heavy atom. The first kappa shape index (κ1) is 20.4. The van der Waals surface area contributed by atoms with Crippen LogP contribution in [0.15, 0.2) is 48.5 Å². The summed E-state index contributed by atoms with van der Waals surface area (Å²) in [5.41, 5.74) is 1.38. The largest absolute Gasteiger partial charge is 0.485 e. The van der Waals surface area contributed by atoms with Crippen LogP contribution in [0.1, 0.15) is 36.7 Å². The molecule has 7 nitrogen and oxygen atoms in total. The van der Waals surface area contributed by atoms with Crippen LogP contribution in [-0.2, 0) is 19.7 Å². The molecule has 0 fully saturated rings. The average molecular weight is 397 g/mol. The van der Waals surface area contributed by atoms with Crippen LogP contribution in [0.2, 0.25) is 0 Å². The van der Waals surface area contributed by atoms with Gasteiger partial charge in [-0.05, 0) is 35.2 Å². The third-order valence-electron chi connectivity index (χ3n) is 4.38. The van der Waals surface area contributed by atoms with E-state index in [9.17, 15) is 14.4 Å². The molecule has 2 amide bonds. The van der Waals surface area contributed by atoms with Crippen molar-refractivity contribution in [2.45, 2.75) is 32.3 Å². The predicted octanol–water partition coefficient (Wildman–Crippen LogP) is 2.62. The standard InChI is InChI=1S/C22H23NO6/c1-22(2,3)15-10-8-14(9-11-15)20(25)23-19(24)13-28-21(26)18-12-27-16-6-4-5-7-17(16)29-18/h4-11,18H,12-13H2,1-3H3,(H,23,24,25)/t18-/m0/s1. The number of imide groups is 1. The van der Waals surface area contributed by atoms with Gasteiger partial charge in [0, 0.05) is 5.56 Å². The number of amides is 2. The van der Waals surface area contributed by atoms with Crippen molar-refractivity contribution >= 4 is 17.8 Å². The fourth-order valence-corrected chi connectivity index (χ4v) is 2.72. The maximum Gasteiger partial charge on any atom is 0.351 e. The lowest BCUT2D eigenvalue weighted by Crippen LogP contribution is -2.40. The number of benzene rings is 2. The van der Waals surface area contributed by atoms with E-state index in [2.05, 4.69) is 26.1 Å². The van der Waals surface area contributed by atoms with E-state index in [0.717, 1.165) is 5.56 Å². The summed E-state index contributed by atoms with van der Waals surface area (Å²) in [6, 6.07) is 13.9. The summed E-state index contributed by atoms with van der Waals surface area (Å²) in [6.07, 6.45) is -0.974. The summed E-state index contributed by atoms with van der Waals surface area (Å²) in [7, 11) is 0. The highest BCUT2D eigenvalue weighted by Crippen LogP contribution is 2.31. The Labute approximate surface area is 169 Å². The van der Waals surface area contributed by atoms with Gasteiger partial charge in [0.05, 0.1) is 0 Å². The number of esters is 1. The van der Waals surface area contributed by atoms with Gasteiger partial charge in [0.15, 0.2) is 18.1 Å². The van der Waals surface area contributed by atoms with Gasteiger partial charge in [-0.3, -0.25) is 14.9 Å². The SMILES string of the molecule is CC(C)(C)c1ccc(C(=O)NC(=O)COC(=O)[C@@H]2COc3ccccc3O2)cc1. The first-order valence-corrected chi connectivity index (χ1v) is 9.24. The Morgan fingerprint density at radius 3 is 2.34 bits per heavy atom. The summed E-state index contributed by atoms with van der Waals surface area (Å²) in [6.45, 7) is 5.60. The normalized spacial score (nSPS) is 15.3. The molecule has 1 aliphatic heterocycles. The molecule has 0 aromatic heterocycles. The van der Waals surface area contributed by atoms with Gasteiger partial charge in [-0.25, -0.2) is 4.79 Å². The molecule has 1 N–H and O–H groups in total. The van der Waals surface area contributed by atoms with Crippen molar-refractivity contribution in [2.75, 3.05) is 13.2 Å². The summed E-state index contributed by atoms with van der Waals surface area (Å²) in [5.74, 6) is -1.05. The van der Waals surface area contributed by atoms with Gasteiger partial charge >= 0.3 is 5.97 Å². The molecule has 1 aliphatic rings. The van der Waals surface area contributed by atoms with E-state index >= 15 is 0 Å². The van der Waals surface area contributed by atoms with Gasteiger partial charge in [-0.2, -0.15) is 0 Å². The Hall–Kier alpha value is -3.35. The molecule has 0 radical (unpaired) electrons. The summed E-state index contributed by atoms with van der Waals surface area (Å²) in [5, 5.41) is 2.20. The average Bonchev–Trinajstić information content (AvgIpc) is 2.71. The van der Waals surface area contributed by atoms with Crippen LogP contribution in [0, 0.1) is 0 Å². The molecule has 0 bridgehead atoms. The van der Waals surface area contributed by atoms with Crippen LogP contribution in [0.3, 0.4) is 0 Å². The van der Waals surface area contributed by atoms with Gasteiger partial charge in [-0.15, -0.1) is 0 Å². The minimum atomic E-state index is -0.974. The van der Waals surface area contributed by atoms with Gasteiger partial charge in [0.1, 0.15) is 6.61 Å². The minimum Gasteiger partial charge on any atom is -0.485 e. The van der Waals surface area contributed by atoms with Crippen molar-refractivity contribution in [2.24, 2.45) is 0 Å². The third kappa shape index (κ3) is 5.13. The van der Waals surface area contributed by atoms with Crippen molar-refractivity contribution in [1.29, 1.82) is 0 Å². The zero-order chi connectivity index (χ0) is 21.0. The second-order valence-corrected chi connectivity index (χ2v) is 7.68. The zero-order valence-corrected chi connectivity index (χ0v) is 16.6. The van der Waals surface area contributed by atoms with Crippen LogP contribution in [0.4, 0.5) is 0 Å².